The summed E-state index contributed by atoms with van der Waals surface area (Å²) in [5, 5.41) is 11.0. The van der Waals surface area contributed by atoms with E-state index in [9.17, 15) is 0 Å². The molecule has 6 heteroatoms. The van der Waals surface area contributed by atoms with Gasteiger partial charge < -0.3 is 19.7 Å². The molecule has 0 saturated heterocycles. The van der Waals surface area contributed by atoms with Crippen molar-refractivity contribution in [1.29, 1.82) is 0 Å². The highest BCUT2D eigenvalue weighted by Gasteiger charge is 2.13. The Bertz CT molecular complexity index is 1190. The summed E-state index contributed by atoms with van der Waals surface area (Å²) in [6.45, 7) is 6.93. The molecule has 0 aliphatic carbocycles. The van der Waals surface area contributed by atoms with Gasteiger partial charge in [-0.05, 0) is 44.0 Å². The molecule has 2 N–H and O–H groups in total. The van der Waals surface area contributed by atoms with E-state index in [0.717, 1.165) is 48.0 Å². The van der Waals surface area contributed by atoms with E-state index in [-0.39, 0.29) is 7.43 Å². The second-order valence-corrected chi connectivity index (χ2v) is 7.26. The number of H-pyrrole nitrogens is 1. The van der Waals surface area contributed by atoms with Crippen molar-refractivity contribution >= 4 is 21.8 Å². The molecule has 0 radical (unpaired) electrons. The van der Waals surface area contributed by atoms with Gasteiger partial charge in [0, 0.05) is 29.7 Å². The zero-order valence-corrected chi connectivity index (χ0v) is 17.2. The molecule has 30 heavy (non-hydrogen) atoms. The number of aromatic nitrogens is 3. The number of nitrogens with zero attached hydrogens (tertiary/aromatic N) is 3. The number of aryl methyl sites for hydroxylation is 3. The van der Waals surface area contributed by atoms with Gasteiger partial charge in [0.05, 0.1) is 17.6 Å². The lowest BCUT2D eigenvalue weighted by Crippen LogP contribution is -2.19. The van der Waals surface area contributed by atoms with Gasteiger partial charge in [-0.2, -0.15) is 0 Å². The number of rotatable bonds is 7. The first-order chi connectivity index (χ1) is 14.2. The normalized spacial score (nSPS) is 11.8. The van der Waals surface area contributed by atoms with Gasteiger partial charge >= 0.3 is 0 Å². The minimum absolute atomic E-state index is 0. The smallest absolute Gasteiger partial charge is 0.121 e. The van der Waals surface area contributed by atoms with E-state index in [4.69, 9.17) is 4.84 Å². The predicted molar refractivity (Wildman–Crippen MR) is 123 cm³/mol. The van der Waals surface area contributed by atoms with Gasteiger partial charge in [0.2, 0.25) is 0 Å². The molecule has 0 bridgehead atoms. The van der Waals surface area contributed by atoms with Crippen LogP contribution in [0.2, 0.25) is 0 Å². The lowest BCUT2D eigenvalue weighted by atomic mass is 10.0. The van der Waals surface area contributed by atoms with Gasteiger partial charge in [0.25, 0.3) is 0 Å². The lowest BCUT2D eigenvalue weighted by Gasteiger charge is -2.19. The van der Waals surface area contributed by atoms with Gasteiger partial charge in [-0.25, -0.2) is 4.98 Å². The van der Waals surface area contributed by atoms with E-state index in [1.807, 2.05) is 6.20 Å². The van der Waals surface area contributed by atoms with Crippen LogP contribution in [0.15, 0.2) is 53.9 Å². The maximum absolute atomic E-state index is 5.20. The number of aromatic amines is 1. The fourth-order valence-corrected chi connectivity index (χ4v) is 3.90. The Balaban J connectivity index is 0.00000256. The summed E-state index contributed by atoms with van der Waals surface area (Å²) >= 11 is 0. The molecular formula is C24H31N5O. The van der Waals surface area contributed by atoms with Gasteiger partial charge in [0.1, 0.15) is 18.3 Å². The zero-order valence-electron chi connectivity index (χ0n) is 17.2. The molecule has 0 amide bonds. The average molecular weight is 406 g/mol. The number of pyridine rings is 1. The van der Waals surface area contributed by atoms with Crippen LogP contribution in [0.4, 0.5) is 0 Å². The molecular weight excluding hydrogens is 374 g/mol. The van der Waals surface area contributed by atoms with Crippen LogP contribution in [-0.4, -0.2) is 28.2 Å². The third-order valence-corrected chi connectivity index (χ3v) is 5.44. The molecule has 2 aromatic heterocycles. The molecule has 158 valence electrons. The quantitative estimate of drug-likeness (QED) is 0.272. The van der Waals surface area contributed by atoms with Crippen LogP contribution >= 0.6 is 0 Å². The molecule has 0 aliphatic rings. The standard InChI is InChI=1S/C23H27N5O.CH4/c1-16-9-10-19-22(27-29-3)18-7-4-5-8-20(18)28(23(19)17(16)2)14-6-11-24-15-21-25-12-13-26-21;/h4-5,7-10,12-13,24H,6,11,14-15H2,1-3H3,(H,25,26);1H4/b27-22+;. The maximum atomic E-state index is 5.20. The number of hydrogen-bond donors (Lipinski definition) is 2. The molecule has 6 nitrogen and oxygen atoms in total. The highest BCUT2D eigenvalue weighted by molar-refractivity contribution is 5.95. The number of nitrogens with one attached hydrogen (secondary N) is 2. The number of benzene rings is 2. The van der Waals surface area contributed by atoms with Crippen molar-refractivity contribution in [2.75, 3.05) is 13.7 Å². The lowest BCUT2D eigenvalue weighted by molar-refractivity contribution is 0.202. The highest BCUT2D eigenvalue weighted by atomic mass is 16.6. The van der Waals surface area contributed by atoms with Crippen LogP contribution in [0.3, 0.4) is 0 Å². The van der Waals surface area contributed by atoms with Crippen molar-refractivity contribution in [2.24, 2.45) is 5.16 Å². The molecule has 4 aromatic rings. The van der Waals surface area contributed by atoms with E-state index in [1.165, 1.54) is 22.2 Å². The minimum atomic E-state index is 0. The number of imidazole rings is 1. The van der Waals surface area contributed by atoms with Gasteiger partial charge in [-0.15, -0.1) is 0 Å². The van der Waals surface area contributed by atoms with E-state index in [0.29, 0.717) is 0 Å². The summed E-state index contributed by atoms with van der Waals surface area (Å²) in [6, 6.07) is 12.7. The van der Waals surface area contributed by atoms with Gasteiger partial charge in [0.15, 0.2) is 0 Å². The third kappa shape index (κ3) is 4.09. The molecule has 0 saturated carbocycles. The fourth-order valence-electron chi connectivity index (χ4n) is 3.90. The number of para-hydroxylation sites is 1. The highest BCUT2D eigenvalue weighted by Crippen LogP contribution is 2.24. The van der Waals surface area contributed by atoms with Crippen LogP contribution in [0.25, 0.3) is 21.8 Å². The fraction of sp³-hybridized carbons (Fsp3) is 0.333. The van der Waals surface area contributed by atoms with Crippen LogP contribution < -0.4 is 10.7 Å². The summed E-state index contributed by atoms with van der Waals surface area (Å²) in [4.78, 5) is 12.6. The summed E-state index contributed by atoms with van der Waals surface area (Å²) < 4.78 is 2.43. The molecule has 0 spiro atoms. The molecule has 0 fully saturated rings. The average Bonchev–Trinajstić information content (AvgIpc) is 3.25. The van der Waals surface area contributed by atoms with E-state index in [2.05, 4.69) is 75.3 Å². The summed E-state index contributed by atoms with van der Waals surface area (Å²) in [7, 11) is 1.60. The Labute approximate surface area is 177 Å². The van der Waals surface area contributed by atoms with Crippen molar-refractivity contribution in [3.8, 4) is 0 Å². The maximum Gasteiger partial charge on any atom is 0.121 e. The van der Waals surface area contributed by atoms with Gasteiger partial charge in [-0.3, -0.25) is 0 Å². The first kappa shape index (κ1) is 21.6. The SMILES string of the molecule is C.CO/N=c1\c2ccccc2n(CCCNCc2ncc[nH]2)c2c(C)c(C)ccc12. The first-order valence-corrected chi connectivity index (χ1v) is 9.98. The Morgan fingerprint density at radius 2 is 1.97 bits per heavy atom. The van der Waals surface area contributed by atoms with Crippen LogP contribution in [0, 0.1) is 13.8 Å². The topological polar surface area (TPSA) is 67.2 Å². The largest absolute Gasteiger partial charge is 0.399 e. The summed E-state index contributed by atoms with van der Waals surface area (Å²) in [5.74, 6) is 0.963. The zero-order chi connectivity index (χ0) is 20.2. The van der Waals surface area contributed by atoms with Gasteiger partial charge in [-0.1, -0.05) is 42.9 Å². The third-order valence-electron chi connectivity index (χ3n) is 5.44. The van der Waals surface area contributed by atoms with Crippen molar-refractivity contribution in [3.63, 3.8) is 0 Å². The molecule has 0 atom stereocenters. The van der Waals surface area contributed by atoms with Crippen LogP contribution in [0.1, 0.15) is 30.8 Å². The first-order valence-electron chi connectivity index (χ1n) is 9.98. The van der Waals surface area contributed by atoms with Crippen molar-refractivity contribution in [2.45, 2.75) is 40.8 Å². The molecule has 4 rings (SSSR count). The Hall–Kier alpha value is -3.12. The van der Waals surface area contributed by atoms with Crippen molar-refractivity contribution in [3.05, 3.63) is 71.1 Å². The number of fused-ring (bicyclic) bond motifs is 2. The van der Waals surface area contributed by atoms with Crippen LogP contribution in [0.5, 0.6) is 0 Å². The molecule has 0 unspecified atom stereocenters. The second-order valence-electron chi connectivity index (χ2n) is 7.26. The van der Waals surface area contributed by atoms with Crippen LogP contribution in [-0.2, 0) is 17.9 Å². The Morgan fingerprint density at radius 1 is 1.13 bits per heavy atom. The van der Waals surface area contributed by atoms with E-state index in [1.54, 1.807) is 13.3 Å². The minimum Gasteiger partial charge on any atom is -0.399 e. The second kappa shape index (κ2) is 9.59. The summed E-state index contributed by atoms with van der Waals surface area (Å²) in [5.41, 5.74) is 4.96. The summed E-state index contributed by atoms with van der Waals surface area (Å²) in [6.07, 6.45) is 4.64. The predicted octanol–water partition coefficient (Wildman–Crippen LogP) is 4.41. The van der Waals surface area contributed by atoms with Crippen molar-refractivity contribution in [1.82, 2.24) is 19.9 Å². The molecule has 0 aliphatic heterocycles. The Kier molecular flexibility index (Phi) is 6.90. The Morgan fingerprint density at radius 3 is 2.73 bits per heavy atom. The molecule has 2 heterocycles. The monoisotopic (exact) mass is 405 g/mol. The van der Waals surface area contributed by atoms with E-state index >= 15 is 0 Å². The van der Waals surface area contributed by atoms with E-state index < -0.39 is 0 Å². The molecule has 2 aromatic carbocycles. The number of hydrogen-bond acceptors (Lipinski definition) is 4. The van der Waals surface area contributed by atoms with Crippen molar-refractivity contribution < 1.29 is 4.84 Å².